The van der Waals surface area contributed by atoms with Gasteiger partial charge in [-0.05, 0) is 38.5 Å². The van der Waals surface area contributed by atoms with Crippen LogP contribution >= 0.6 is 0 Å². The van der Waals surface area contributed by atoms with Crippen molar-refractivity contribution < 1.29 is 15.0 Å². The first-order valence-electron chi connectivity index (χ1n) is 8.71. The highest BCUT2D eigenvalue weighted by Crippen LogP contribution is 2.12. The molecule has 0 unspecified atom stereocenters. The molecule has 0 fully saturated rings. The van der Waals surface area contributed by atoms with Gasteiger partial charge in [-0.15, -0.1) is 0 Å². The predicted molar refractivity (Wildman–Crippen MR) is 88.5 cm³/mol. The van der Waals surface area contributed by atoms with E-state index in [1.54, 1.807) is 0 Å². The van der Waals surface area contributed by atoms with Gasteiger partial charge in [-0.25, -0.2) is 0 Å². The molecule has 2 N–H and O–H groups in total. The molecule has 21 heavy (non-hydrogen) atoms. The van der Waals surface area contributed by atoms with Gasteiger partial charge in [0, 0.05) is 6.42 Å². The van der Waals surface area contributed by atoms with Crippen LogP contribution < -0.4 is 0 Å². The lowest BCUT2D eigenvalue weighted by atomic mass is 10.0. The van der Waals surface area contributed by atoms with E-state index in [9.17, 15) is 9.90 Å². The molecule has 0 aliphatic heterocycles. The average molecular weight is 298 g/mol. The van der Waals surface area contributed by atoms with E-state index < -0.39 is 5.97 Å². The lowest BCUT2D eigenvalue weighted by Crippen LogP contribution is -2.05. The van der Waals surface area contributed by atoms with E-state index in [4.69, 9.17) is 5.11 Å². The van der Waals surface area contributed by atoms with Crippen molar-refractivity contribution in [3.05, 3.63) is 12.2 Å². The fourth-order valence-electron chi connectivity index (χ4n) is 2.37. The largest absolute Gasteiger partial charge is 0.481 e. The number of carbonyl (C=O) groups is 1. The summed E-state index contributed by atoms with van der Waals surface area (Å²) in [7, 11) is 0. The number of aliphatic hydroxyl groups excluding tert-OH is 1. The fourth-order valence-corrected chi connectivity index (χ4v) is 2.37. The molecule has 0 aromatic heterocycles. The van der Waals surface area contributed by atoms with Crippen molar-refractivity contribution in [2.75, 3.05) is 0 Å². The maximum absolute atomic E-state index is 10.3. The van der Waals surface area contributed by atoms with Crippen molar-refractivity contribution in [3.63, 3.8) is 0 Å². The van der Waals surface area contributed by atoms with Crippen LogP contribution in [0.4, 0.5) is 0 Å². The summed E-state index contributed by atoms with van der Waals surface area (Å²) in [5, 5.41) is 18.4. The normalized spacial score (nSPS) is 12.9. The molecule has 0 aliphatic carbocycles. The minimum absolute atomic E-state index is 0.177. The number of hydrogen-bond acceptors (Lipinski definition) is 2. The molecule has 0 rings (SSSR count). The van der Waals surface area contributed by atoms with Gasteiger partial charge in [0.25, 0.3) is 0 Å². The molecule has 0 heterocycles. The van der Waals surface area contributed by atoms with E-state index in [-0.39, 0.29) is 12.5 Å². The van der Waals surface area contributed by atoms with Crippen LogP contribution in [-0.4, -0.2) is 22.3 Å². The summed E-state index contributed by atoms with van der Waals surface area (Å²) < 4.78 is 0. The molecule has 0 radical (unpaired) electrons. The summed E-state index contributed by atoms with van der Waals surface area (Å²) in [6.07, 6.45) is 17.3. The van der Waals surface area contributed by atoms with Gasteiger partial charge in [-0.2, -0.15) is 0 Å². The molecule has 0 spiro atoms. The van der Waals surface area contributed by atoms with Crippen LogP contribution in [0, 0.1) is 0 Å². The average Bonchev–Trinajstić information content (AvgIpc) is 2.45. The highest BCUT2D eigenvalue weighted by atomic mass is 16.4. The van der Waals surface area contributed by atoms with Crippen LogP contribution in [0.3, 0.4) is 0 Å². The first-order chi connectivity index (χ1) is 10.2. The van der Waals surface area contributed by atoms with E-state index in [2.05, 4.69) is 19.1 Å². The Morgan fingerprint density at radius 2 is 1.57 bits per heavy atom. The van der Waals surface area contributed by atoms with Crippen molar-refractivity contribution in [2.45, 2.75) is 96.5 Å². The van der Waals surface area contributed by atoms with Crippen LogP contribution in [-0.2, 0) is 4.79 Å². The SMILES string of the molecule is CCCCC/C=C/CC[C@H](O)CCCCCCCC(=O)O. The molecular weight excluding hydrogens is 264 g/mol. The molecule has 124 valence electrons. The third-order valence-corrected chi connectivity index (χ3v) is 3.74. The zero-order chi connectivity index (χ0) is 15.8. The Bertz CT molecular complexity index is 261. The Morgan fingerprint density at radius 3 is 2.29 bits per heavy atom. The summed E-state index contributed by atoms with van der Waals surface area (Å²) >= 11 is 0. The molecule has 0 bridgehead atoms. The summed E-state index contributed by atoms with van der Waals surface area (Å²) in [6.45, 7) is 2.21. The number of carboxylic acid groups (broad SMARTS) is 1. The predicted octanol–water partition coefficient (Wildman–Crippen LogP) is 5.08. The molecule has 0 aliphatic rings. The highest BCUT2D eigenvalue weighted by Gasteiger charge is 2.02. The van der Waals surface area contributed by atoms with Crippen molar-refractivity contribution in [1.29, 1.82) is 0 Å². The van der Waals surface area contributed by atoms with Gasteiger partial charge in [0.1, 0.15) is 0 Å². The minimum atomic E-state index is -0.701. The van der Waals surface area contributed by atoms with Crippen molar-refractivity contribution in [3.8, 4) is 0 Å². The Balaban J connectivity index is 3.26. The Labute approximate surface area is 130 Å². The van der Waals surface area contributed by atoms with Crippen LogP contribution in [0.1, 0.15) is 90.4 Å². The molecular formula is C18H34O3. The number of aliphatic hydroxyl groups is 1. The molecule has 3 heteroatoms. The smallest absolute Gasteiger partial charge is 0.303 e. The lowest BCUT2D eigenvalue weighted by molar-refractivity contribution is -0.137. The number of hydrogen-bond donors (Lipinski definition) is 2. The molecule has 3 nitrogen and oxygen atoms in total. The standard InChI is InChI=1S/C18H34O3/c1-2-3-4-5-6-8-11-14-17(19)15-12-9-7-10-13-16-18(20)21/h6,8,17,19H,2-5,7,9-16H2,1H3,(H,20,21)/b8-6+/t17-/m0/s1. The summed E-state index contributed by atoms with van der Waals surface area (Å²) in [6, 6.07) is 0. The molecule has 0 saturated heterocycles. The van der Waals surface area contributed by atoms with Crippen molar-refractivity contribution in [1.82, 2.24) is 0 Å². The monoisotopic (exact) mass is 298 g/mol. The highest BCUT2D eigenvalue weighted by molar-refractivity contribution is 5.66. The topological polar surface area (TPSA) is 57.5 Å². The van der Waals surface area contributed by atoms with Crippen LogP contribution in [0.5, 0.6) is 0 Å². The van der Waals surface area contributed by atoms with Crippen LogP contribution in [0.25, 0.3) is 0 Å². The molecule has 0 amide bonds. The molecule has 0 saturated carbocycles. The zero-order valence-corrected chi connectivity index (χ0v) is 13.7. The third-order valence-electron chi connectivity index (χ3n) is 3.74. The fraction of sp³-hybridized carbons (Fsp3) is 0.833. The number of aliphatic carboxylic acids is 1. The van der Waals surface area contributed by atoms with E-state index in [1.165, 1.54) is 25.7 Å². The van der Waals surface area contributed by atoms with Gasteiger partial charge < -0.3 is 10.2 Å². The third kappa shape index (κ3) is 17.1. The Morgan fingerprint density at radius 1 is 0.905 bits per heavy atom. The van der Waals surface area contributed by atoms with Gasteiger partial charge in [0.2, 0.25) is 0 Å². The first kappa shape index (κ1) is 20.2. The minimum Gasteiger partial charge on any atom is -0.481 e. The van der Waals surface area contributed by atoms with Crippen molar-refractivity contribution >= 4 is 5.97 Å². The van der Waals surface area contributed by atoms with E-state index in [0.29, 0.717) is 0 Å². The Hall–Kier alpha value is -0.830. The van der Waals surface area contributed by atoms with Gasteiger partial charge >= 0.3 is 5.97 Å². The number of allylic oxidation sites excluding steroid dienone is 2. The van der Waals surface area contributed by atoms with E-state index >= 15 is 0 Å². The second kappa shape index (κ2) is 15.6. The van der Waals surface area contributed by atoms with E-state index in [0.717, 1.165) is 51.4 Å². The van der Waals surface area contributed by atoms with Crippen LogP contribution in [0.15, 0.2) is 12.2 Å². The van der Waals surface area contributed by atoms with E-state index in [1.807, 2.05) is 0 Å². The maximum Gasteiger partial charge on any atom is 0.303 e. The second-order valence-electron chi connectivity index (χ2n) is 5.90. The molecule has 1 atom stereocenters. The Kier molecular flexibility index (Phi) is 14.9. The first-order valence-corrected chi connectivity index (χ1v) is 8.71. The van der Waals surface area contributed by atoms with Crippen LogP contribution in [0.2, 0.25) is 0 Å². The second-order valence-corrected chi connectivity index (χ2v) is 5.90. The van der Waals surface area contributed by atoms with Gasteiger partial charge in [0.15, 0.2) is 0 Å². The van der Waals surface area contributed by atoms with Gasteiger partial charge in [-0.3, -0.25) is 4.79 Å². The summed E-state index contributed by atoms with van der Waals surface area (Å²) in [5.74, 6) is -0.701. The molecule has 0 aromatic carbocycles. The van der Waals surface area contributed by atoms with Gasteiger partial charge in [-0.1, -0.05) is 57.6 Å². The number of unbranched alkanes of at least 4 members (excludes halogenated alkanes) is 7. The summed E-state index contributed by atoms with van der Waals surface area (Å²) in [4.78, 5) is 10.3. The zero-order valence-electron chi connectivity index (χ0n) is 13.7. The van der Waals surface area contributed by atoms with Crippen molar-refractivity contribution in [2.24, 2.45) is 0 Å². The lowest BCUT2D eigenvalue weighted by Gasteiger charge is -2.08. The van der Waals surface area contributed by atoms with Gasteiger partial charge in [0.05, 0.1) is 6.10 Å². The molecule has 0 aromatic rings. The number of carboxylic acids is 1. The maximum atomic E-state index is 10.3. The number of rotatable bonds is 15. The quantitative estimate of drug-likeness (QED) is 0.327. The summed E-state index contributed by atoms with van der Waals surface area (Å²) in [5.41, 5.74) is 0.